The Labute approximate surface area is 114 Å². The maximum Gasteiger partial charge on any atom is 0.279 e. The van der Waals surface area contributed by atoms with Crippen molar-refractivity contribution < 1.29 is 13.5 Å². The number of nitrogen functional groups attached to an aromatic ring is 1. The Kier molecular flexibility index (Phi) is 5.74. The lowest BCUT2D eigenvalue weighted by Crippen LogP contribution is -2.42. The fourth-order valence-electron chi connectivity index (χ4n) is 1.68. The fourth-order valence-corrected chi connectivity index (χ4v) is 2.91. The number of aliphatic hydroxyl groups excluding tert-OH is 1. The van der Waals surface area contributed by atoms with Crippen LogP contribution in [0.4, 0.5) is 5.69 Å². The monoisotopic (exact) mass is 287 g/mol. The fraction of sp³-hybridized carbons (Fsp3) is 0.500. The summed E-state index contributed by atoms with van der Waals surface area (Å²) in [7, 11) is -3.54. The van der Waals surface area contributed by atoms with Gasteiger partial charge in [0.15, 0.2) is 0 Å². The molecule has 0 saturated heterocycles. The summed E-state index contributed by atoms with van der Waals surface area (Å²) >= 11 is 0. The van der Waals surface area contributed by atoms with E-state index >= 15 is 0 Å². The zero-order chi connectivity index (χ0) is 14.5. The van der Waals surface area contributed by atoms with Gasteiger partial charge < -0.3 is 10.8 Å². The van der Waals surface area contributed by atoms with E-state index in [4.69, 9.17) is 5.73 Å². The molecule has 0 radical (unpaired) electrons. The van der Waals surface area contributed by atoms with Gasteiger partial charge in [0.1, 0.15) is 0 Å². The summed E-state index contributed by atoms with van der Waals surface area (Å²) in [6.07, 6.45) is -0.897. The molecule has 1 unspecified atom stereocenters. The smallest absolute Gasteiger partial charge is 0.279 e. The number of nitrogens with two attached hydrogens (primary N) is 1. The lowest BCUT2D eigenvalue weighted by atomic mass is 10.1. The van der Waals surface area contributed by atoms with Crippen molar-refractivity contribution in [2.24, 2.45) is 0 Å². The third-order valence-corrected chi connectivity index (χ3v) is 4.55. The van der Waals surface area contributed by atoms with Gasteiger partial charge >= 0.3 is 0 Å². The van der Waals surface area contributed by atoms with Crippen LogP contribution < -0.4 is 10.5 Å². The van der Waals surface area contributed by atoms with E-state index in [-0.39, 0.29) is 6.54 Å². The van der Waals surface area contributed by atoms with Crippen molar-refractivity contribution >= 4 is 15.9 Å². The van der Waals surface area contributed by atoms with Gasteiger partial charge in [-0.15, -0.1) is 0 Å². The van der Waals surface area contributed by atoms with Crippen molar-refractivity contribution in [2.45, 2.75) is 20.0 Å². The molecule has 0 spiro atoms. The summed E-state index contributed by atoms with van der Waals surface area (Å²) in [5.41, 5.74) is 6.76. The molecular weight excluding hydrogens is 266 g/mol. The van der Waals surface area contributed by atoms with Crippen molar-refractivity contribution in [3.63, 3.8) is 0 Å². The molecule has 1 aromatic rings. The Hall–Kier alpha value is -1.15. The molecule has 0 aromatic heterocycles. The first-order chi connectivity index (χ1) is 8.90. The number of nitrogens with one attached hydrogen (secondary N) is 1. The summed E-state index contributed by atoms with van der Waals surface area (Å²) in [5, 5.41) is 9.92. The molecule has 0 bridgehead atoms. The first-order valence-corrected chi connectivity index (χ1v) is 7.63. The highest BCUT2D eigenvalue weighted by Gasteiger charge is 2.19. The van der Waals surface area contributed by atoms with Crippen LogP contribution in [0.1, 0.15) is 25.5 Å². The maximum atomic E-state index is 11.9. The number of aliphatic hydroxyl groups is 1. The van der Waals surface area contributed by atoms with Crippen LogP contribution in [0.15, 0.2) is 24.3 Å². The van der Waals surface area contributed by atoms with Gasteiger partial charge in [0.25, 0.3) is 10.2 Å². The predicted molar refractivity (Wildman–Crippen MR) is 75.7 cm³/mol. The molecule has 0 aliphatic heterocycles. The molecule has 7 heteroatoms. The molecule has 0 aliphatic carbocycles. The molecule has 6 nitrogen and oxygen atoms in total. The number of rotatable bonds is 7. The lowest BCUT2D eigenvalue weighted by molar-refractivity contribution is 0.181. The van der Waals surface area contributed by atoms with E-state index in [0.29, 0.717) is 24.3 Å². The average Bonchev–Trinajstić information content (AvgIpc) is 2.38. The van der Waals surface area contributed by atoms with Crippen molar-refractivity contribution in [1.82, 2.24) is 9.03 Å². The molecule has 0 heterocycles. The van der Waals surface area contributed by atoms with Gasteiger partial charge in [-0.1, -0.05) is 26.0 Å². The Morgan fingerprint density at radius 2 is 1.79 bits per heavy atom. The maximum absolute atomic E-state index is 11.9. The third-order valence-electron chi connectivity index (χ3n) is 2.83. The topological polar surface area (TPSA) is 95.7 Å². The first-order valence-electron chi connectivity index (χ1n) is 6.19. The molecule has 0 aliphatic rings. The summed E-state index contributed by atoms with van der Waals surface area (Å²) < 4.78 is 27.4. The molecule has 19 heavy (non-hydrogen) atoms. The van der Waals surface area contributed by atoms with Crippen molar-refractivity contribution in [2.75, 3.05) is 25.4 Å². The summed E-state index contributed by atoms with van der Waals surface area (Å²) in [4.78, 5) is 0. The van der Waals surface area contributed by atoms with E-state index < -0.39 is 16.3 Å². The first kappa shape index (κ1) is 15.9. The number of hydrogen-bond donors (Lipinski definition) is 3. The van der Waals surface area contributed by atoms with E-state index in [1.807, 2.05) is 0 Å². The Morgan fingerprint density at radius 3 is 2.26 bits per heavy atom. The van der Waals surface area contributed by atoms with E-state index in [9.17, 15) is 13.5 Å². The molecular formula is C12H21N3O3S. The summed E-state index contributed by atoms with van der Waals surface area (Å²) in [6, 6.07) is 6.67. The van der Waals surface area contributed by atoms with Gasteiger partial charge in [0, 0.05) is 25.3 Å². The quantitative estimate of drug-likeness (QED) is 0.636. The number of anilines is 1. The standard InChI is InChI=1S/C12H21N3O3S/c1-3-15(4-2)19(17,18)14-9-12(16)10-5-7-11(13)8-6-10/h5-8,12,14,16H,3-4,9,13H2,1-2H3. The van der Waals surface area contributed by atoms with E-state index in [1.54, 1.807) is 38.1 Å². The lowest BCUT2D eigenvalue weighted by Gasteiger charge is -2.20. The van der Waals surface area contributed by atoms with Gasteiger partial charge in [0.2, 0.25) is 0 Å². The second-order valence-corrected chi connectivity index (χ2v) is 5.88. The normalized spacial score (nSPS) is 13.7. The van der Waals surface area contributed by atoms with Crippen LogP contribution in [0.5, 0.6) is 0 Å². The van der Waals surface area contributed by atoms with E-state index in [2.05, 4.69) is 4.72 Å². The van der Waals surface area contributed by atoms with Crippen LogP contribution in [-0.2, 0) is 10.2 Å². The van der Waals surface area contributed by atoms with Gasteiger partial charge in [-0.25, -0.2) is 0 Å². The van der Waals surface area contributed by atoms with Crippen LogP contribution >= 0.6 is 0 Å². The van der Waals surface area contributed by atoms with Crippen molar-refractivity contribution in [3.8, 4) is 0 Å². The molecule has 1 atom stereocenters. The van der Waals surface area contributed by atoms with Gasteiger partial charge in [-0.2, -0.15) is 17.4 Å². The minimum atomic E-state index is -3.54. The minimum Gasteiger partial charge on any atom is -0.399 e. The Balaban J connectivity index is 2.63. The highest BCUT2D eigenvalue weighted by molar-refractivity contribution is 7.87. The zero-order valence-corrected chi connectivity index (χ0v) is 12.0. The third kappa shape index (κ3) is 4.46. The van der Waals surface area contributed by atoms with Gasteiger partial charge in [0.05, 0.1) is 6.10 Å². The van der Waals surface area contributed by atoms with E-state index in [1.165, 1.54) is 4.31 Å². The summed E-state index contributed by atoms with van der Waals surface area (Å²) in [6.45, 7) is 4.24. The molecule has 0 fully saturated rings. The SMILES string of the molecule is CCN(CC)S(=O)(=O)NCC(O)c1ccc(N)cc1. The highest BCUT2D eigenvalue weighted by Crippen LogP contribution is 2.14. The van der Waals surface area contributed by atoms with Crippen molar-refractivity contribution in [3.05, 3.63) is 29.8 Å². The van der Waals surface area contributed by atoms with Gasteiger partial charge in [-0.05, 0) is 17.7 Å². The minimum absolute atomic E-state index is 0.0667. The molecule has 4 N–H and O–H groups in total. The molecule has 108 valence electrons. The predicted octanol–water partition coefficient (Wildman–Crippen LogP) is 0.478. The van der Waals surface area contributed by atoms with Crippen LogP contribution in [0.3, 0.4) is 0 Å². The van der Waals surface area contributed by atoms with Crippen LogP contribution in [0.25, 0.3) is 0 Å². The van der Waals surface area contributed by atoms with Gasteiger partial charge in [-0.3, -0.25) is 0 Å². The highest BCUT2D eigenvalue weighted by atomic mass is 32.2. The molecule has 0 saturated carbocycles. The molecule has 0 amide bonds. The van der Waals surface area contributed by atoms with Crippen molar-refractivity contribution in [1.29, 1.82) is 0 Å². The average molecular weight is 287 g/mol. The Morgan fingerprint density at radius 1 is 1.26 bits per heavy atom. The number of benzene rings is 1. The second kappa shape index (κ2) is 6.85. The van der Waals surface area contributed by atoms with E-state index in [0.717, 1.165) is 0 Å². The largest absolute Gasteiger partial charge is 0.399 e. The number of nitrogens with zero attached hydrogens (tertiary/aromatic N) is 1. The Bertz CT molecular complexity index is 483. The molecule has 1 aromatic carbocycles. The van der Waals surface area contributed by atoms with Crippen LogP contribution in [0.2, 0.25) is 0 Å². The number of hydrogen-bond acceptors (Lipinski definition) is 4. The molecule has 1 rings (SSSR count). The zero-order valence-electron chi connectivity index (χ0n) is 11.2. The van der Waals surface area contributed by atoms with Crippen LogP contribution in [0, 0.1) is 0 Å². The second-order valence-electron chi connectivity index (χ2n) is 4.12. The van der Waals surface area contributed by atoms with Crippen LogP contribution in [-0.4, -0.2) is 37.5 Å². The summed E-state index contributed by atoms with van der Waals surface area (Å²) in [5.74, 6) is 0.